The molecule has 0 N–H and O–H groups in total. The molecule has 0 aliphatic carbocycles. The summed E-state index contributed by atoms with van der Waals surface area (Å²) < 4.78 is 23.2. The number of rotatable bonds is 3. The van der Waals surface area contributed by atoms with E-state index in [1.807, 2.05) is 18.2 Å². The maximum Gasteiger partial charge on any atom is 0.246 e. The highest BCUT2D eigenvalue weighted by atomic mass is 35.5. The Kier molecular flexibility index (Phi) is 5.27. The second-order valence-electron chi connectivity index (χ2n) is 6.31. The third-order valence-corrected chi connectivity index (χ3v) is 6.60. The summed E-state index contributed by atoms with van der Waals surface area (Å²) in [6, 6.07) is 7.47. The lowest BCUT2D eigenvalue weighted by Crippen LogP contribution is -2.52. The summed E-state index contributed by atoms with van der Waals surface area (Å²) in [7, 11) is -2.86. The first-order valence-corrected chi connectivity index (χ1v) is 10.3. The molecule has 2 aliphatic rings. The van der Waals surface area contributed by atoms with Gasteiger partial charge in [-0.1, -0.05) is 23.7 Å². The van der Waals surface area contributed by atoms with E-state index in [0.717, 1.165) is 18.7 Å². The van der Waals surface area contributed by atoms with Gasteiger partial charge in [0.05, 0.1) is 11.5 Å². The maximum absolute atomic E-state index is 12.3. The van der Waals surface area contributed by atoms with Crippen molar-refractivity contribution < 1.29 is 13.2 Å². The zero-order valence-electron chi connectivity index (χ0n) is 13.4. The van der Waals surface area contributed by atoms with Gasteiger partial charge in [-0.05, 0) is 30.2 Å². The van der Waals surface area contributed by atoms with Gasteiger partial charge in [0.25, 0.3) is 0 Å². The van der Waals surface area contributed by atoms with Crippen LogP contribution in [0.5, 0.6) is 0 Å². The number of piperazine rings is 1. The third-order valence-electron chi connectivity index (χ3n) is 4.62. The number of hydrogen-bond acceptors (Lipinski definition) is 4. The lowest BCUT2D eigenvalue weighted by molar-refractivity contribution is -0.127. The Hall–Kier alpha value is -1.37. The normalized spacial score (nSPS) is 24.5. The molecule has 2 fully saturated rings. The highest BCUT2D eigenvalue weighted by molar-refractivity contribution is 7.91. The van der Waals surface area contributed by atoms with Crippen LogP contribution in [0, 0.1) is 0 Å². The van der Waals surface area contributed by atoms with Crippen molar-refractivity contribution in [3.63, 3.8) is 0 Å². The summed E-state index contributed by atoms with van der Waals surface area (Å²) in [5, 5.41) is 0.643. The van der Waals surface area contributed by atoms with Crippen LogP contribution in [0.1, 0.15) is 12.0 Å². The number of carbonyl (C=O) groups excluding carboxylic acids is 1. The van der Waals surface area contributed by atoms with E-state index in [4.69, 9.17) is 11.6 Å². The van der Waals surface area contributed by atoms with Crippen molar-refractivity contribution in [2.75, 3.05) is 37.7 Å². The smallest absolute Gasteiger partial charge is 0.246 e. The SMILES string of the molecule is O=C(/C=C/c1cccc(Cl)c1)N1CCN([C@H]2CCS(=O)(=O)C2)CC1. The molecule has 0 radical (unpaired) electrons. The molecule has 1 aromatic rings. The second kappa shape index (κ2) is 7.25. The predicted octanol–water partition coefficient (Wildman–Crippen LogP) is 1.68. The Morgan fingerprint density at radius 2 is 1.96 bits per heavy atom. The van der Waals surface area contributed by atoms with Gasteiger partial charge in [-0.15, -0.1) is 0 Å². The fraction of sp³-hybridized carbons (Fsp3) is 0.471. The van der Waals surface area contributed by atoms with Crippen LogP contribution in [0.25, 0.3) is 6.08 Å². The molecule has 1 aromatic carbocycles. The number of carbonyl (C=O) groups is 1. The largest absolute Gasteiger partial charge is 0.337 e. The Bertz CT molecular complexity index is 740. The van der Waals surface area contributed by atoms with Crippen molar-refractivity contribution >= 4 is 33.4 Å². The molecule has 1 amide bonds. The molecule has 2 aliphatic heterocycles. The van der Waals surface area contributed by atoms with Crippen molar-refractivity contribution in [2.45, 2.75) is 12.5 Å². The van der Waals surface area contributed by atoms with Crippen molar-refractivity contribution in [2.24, 2.45) is 0 Å². The number of benzene rings is 1. The molecule has 0 aromatic heterocycles. The van der Waals surface area contributed by atoms with Crippen LogP contribution in [-0.2, 0) is 14.6 Å². The van der Waals surface area contributed by atoms with E-state index in [0.29, 0.717) is 30.3 Å². The van der Waals surface area contributed by atoms with E-state index in [2.05, 4.69) is 4.90 Å². The molecule has 7 heteroatoms. The summed E-state index contributed by atoms with van der Waals surface area (Å²) in [5.41, 5.74) is 0.894. The minimum Gasteiger partial charge on any atom is -0.337 e. The molecule has 0 spiro atoms. The molecule has 5 nitrogen and oxygen atoms in total. The second-order valence-corrected chi connectivity index (χ2v) is 8.97. The standard InChI is InChI=1S/C17H21ClN2O3S/c18-15-3-1-2-14(12-15)4-5-17(21)20-9-7-19(8-10-20)16-6-11-24(22,23)13-16/h1-5,12,16H,6-11,13H2/b5-4+/t16-/m0/s1. The van der Waals surface area contributed by atoms with Crippen LogP contribution in [0.15, 0.2) is 30.3 Å². The number of hydrogen-bond donors (Lipinski definition) is 0. The monoisotopic (exact) mass is 368 g/mol. The van der Waals surface area contributed by atoms with Crippen molar-refractivity contribution in [3.8, 4) is 0 Å². The van der Waals surface area contributed by atoms with E-state index in [-0.39, 0.29) is 17.7 Å². The van der Waals surface area contributed by atoms with Crippen LogP contribution in [-0.4, -0.2) is 67.9 Å². The first-order valence-electron chi connectivity index (χ1n) is 8.10. The molecule has 24 heavy (non-hydrogen) atoms. The average molecular weight is 369 g/mol. The molecule has 2 heterocycles. The molecule has 1 atom stereocenters. The quantitative estimate of drug-likeness (QED) is 0.762. The van der Waals surface area contributed by atoms with E-state index < -0.39 is 9.84 Å². The fourth-order valence-electron chi connectivity index (χ4n) is 3.25. The lowest BCUT2D eigenvalue weighted by Gasteiger charge is -2.37. The van der Waals surface area contributed by atoms with Crippen LogP contribution in [0.4, 0.5) is 0 Å². The van der Waals surface area contributed by atoms with E-state index in [9.17, 15) is 13.2 Å². The van der Waals surface area contributed by atoms with Gasteiger partial charge in [0.2, 0.25) is 5.91 Å². The predicted molar refractivity (Wildman–Crippen MR) is 95.7 cm³/mol. The van der Waals surface area contributed by atoms with Gasteiger partial charge in [0.15, 0.2) is 9.84 Å². The number of sulfone groups is 1. The molecule has 2 saturated heterocycles. The van der Waals surface area contributed by atoms with Gasteiger partial charge in [-0.3, -0.25) is 9.69 Å². The zero-order valence-corrected chi connectivity index (χ0v) is 15.0. The number of nitrogens with zero attached hydrogens (tertiary/aromatic N) is 2. The molecule has 130 valence electrons. The first-order chi connectivity index (χ1) is 11.4. The molecular weight excluding hydrogens is 348 g/mol. The van der Waals surface area contributed by atoms with Gasteiger partial charge in [0, 0.05) is 43.3 Å². The number of halogens is 1. The Balaban J connectivity index is 1.52. The summed E-state index contributed by atoms with van der Waals surface area (Å²) >= 11 is 5.93. The van der Waals surface area contributed by atoms with Crippen LogP contribution in [0.3, 0.4) is 0 Å². The van der Waals surface area contributed by atoms with Crippen LogP contribution in [0.2, 0.25) is 5.02 Å². The van der Waals surface area contributed by atoms with Crippen LogP contribution < -0.4 is 0 Å². The van der Waals surface area contributed by atoms with E-state index in [1.165, 1.54) is 0 Å². The van der Waals surface area contributed by atoms with Gasteiger partial charge in [0.1, 0.15) is 0 Å². The summed E-state index contributed by atoms with van der Waals surface area (Å²) in [6.45, 7) is 2.73. The van der Waals surface area contributed by atoms with Gasteiger partial charge >= 0.3 is 0 Å². The molecule has 0 saturated carbocycles. The molecule has 0 bridgehead atoms. The van der Waals surface area contributed by atoms with Crippen molar-refractivity contribution in [1.82, 2.24) is 9.80 Å². The minimum atomic E-state index is -2.86. The fourth-order valence-corrected chi connectivity index (χ4v) is 5.21. The Morgan fingerprint density at radius 3 is 2.58 bits per heavy atom. The summed E-state index contributed by atoms with van der Waals surface area (Å²) in [6.07, 6.45) is 4.05. The van der Waals surface area contributed by atoms with Crippen LogP contribution >= 0.6 is 11.6 Å². The van der Waals surface area contributed by atoms with Gasteiger partial charge in [-0.25, -0.2) is 8.42 Å². The Morgan fingerprint density at radius 1 is 1.21 bits per heavy atom. The Labute approximate surface area is 147 Å². The minimum absolute atomic E-state index is 0.0198. The summed E-state index contributed by atoms with van der Waals surface area (Å²) in [5.74, 6) is 0.531. The van der Waals surface area contributed by atoms with Gasteiger partial charge < -0.3 is 4.90 Å². The molecule has 3 rings (SSSR count). The maximum atomic E-state index is 12.3. The number of amides is 1. The first kappa shape index (κ1) is 17.5. The highest BCUT2D eigenvalue weighted by Crippen LogP contribution is 2.19. The third kappa shape index (κ3) is 4.37. The van der Waals surface area contributed by atoms with Crippen molar-refractivity contribution in [1.29, 1.82) is 0 Å². The zero-order chi connectivity index (χ0) is 17.2. The average Bonchev–Trinajstić information content (AvgIpc) is 2.93. The summed E-state index contributed by atoms with van der Waals surface area (Å²) in [4.78, 5) is 16.3. The highest BCUT2D eigenvalue weighted by Gasteiger charge is 2.34. The van der Waals surface area contributed by atoms with Crippen molar-refractivity contribution in [3.05, 3.63) is 40.9 Å². The van der Waals surface area contributed by atoms with E-state index >= 15 is 0 Å². The molecule has 0 unspecified atom stereocenters. The molecular formula is C17H21ClN2O3S. The van der Waals surface area contributed by atoms with Gasteiger partial charge in [-0.2, -0.15) is 0 Å². The van der Waals surface area contributed by atoms with E-state index in [1.54, 1.807) is 23.1 Å². The topological polar surface area (TPSA) is 57.7 Å². The lowest BCUT2D eigenvalue weighted by atomic mass is 10.2.